The lowest BCUT2D eigenvalue weighted by Crippen LogP contribution is -2.11. The number of para-hydroxylation sites is 2. The van der Waals surface area contributed by atoms with E-state index in [1.54, 1.807) is 48.5 Å². The van der Waals surface area contributed by atoms with Gasteiger partial charge in [0, 0.05) is 10.9 Å². The summed E-state index contributed by atoms with van der Waals surface area (Å²) in [5.41, 5.74) is 2.10. The summed E-state index contributed by atoms with van der Waals surface area (Å²) in [7, 11) is -2.57. The van der Waals surface area contributed by atoms with Crippen LogP contribution in [0.3, 0.4) is 0 Å². The van der Waals surface area contributed by atoms with E-state index in [1.807, 2.05) is 0 Å². The van der Waals surface area contributed by atoms with Gasteiger partial charge < -0.3 is 14.9 Å². The van der Waals surface area contributed by atoms with Gasteiger partial charge in [-0.15, -0.1) is 0 Å². The number of aromatic nitrogens is 1. The molecule has 1 aliphatic rings. The summed E-state index contributed by atoms with van der Waals surface area (Å²) in [4.78, 5) is 35.1. The maximum Gasteiger partial charge on any atom is 0.328 e. The normalized spacial score (nSPS) is 13.6. The van der Waals surface area contributed by atoms with Gasteiger partial charge in [0.05, 0.1) is 16.8 Å². The molecule has 3 aromatic rings. The van der Waals surface area contributed by atoms with E-state index in [0.717, 1.165) is 0 Å². The summed E-state index contributed by atoms with van der Waals surface area (Å²) >= 11 is 0. The summed E-state index contributed by atoms with van der Waals surface area (Å²) in [6, 6.07) is 14.1. The van der Waals surface area contributed by atoms with Crippen molar-refractivity contribution in [2.45, 2.75) is 6.73 Å². The average molecular weight is 356 g/mol. The number of Topliss-reactive ketones (excluding diaryl/α,β-unsaturated/α-hetero) is 1. The summed E-state index contributed by atoms with van der Waals surface area (Å²) in [6.45, 7) is -0.264. The van der Waals surface area contributed by atoms with E-state index in [-0.39, 0.29) is 24.1 Å². The van der Waals surface area contributed by atoms with Crippen molar-refractivity contribution < 1.29 is 24.2 Å². The topological polar surface area (TPSA) is 104 Å². The molecule has 1 aromatic heterocycles. The van der Waals surface area contributed by atoms with Crippen LogP contribution in [0.2, 0.25) is 0 Å². The molecule has 0 unspecified atom stereocenters. The number of hydrogen-bond donors (Lipinski definition) is 3. The molecule has 2 aromatic carbocycles. The number of benzene rings is 2. The van der Waals surface area contributed by atoms with Crippen LogP contribution in [0.4, 0.5) is 5.69 Å². The Morgan fingerprint density at radius 2 is 1.80 bits per heavy atom. The lowest BCUT2D eigenvalue weighted by atomic mass is 10.0. The van der Waals surface area contributed by atoms with Crippen LogP contribution < -0.4 is 0 Å². The molecule has 0 spiro atoms. The Morgan fingerprint density at radius 1 is 1.08 bits per heavy atom. The molecule has 0 saturated carbocycles. The zero-order valence-corrected chi connectivity index (χ0v) is 13.7. The fourth-order valence-corrected chi connectivity index (χ4v) is 3.21. The van der Waals surface area contributed by atoms with Crippen LogP contribution in [-0.2, 0) is 11.3 Å². The molecular formula is C17H13N2O5P. The largest absolute Gasteiger partial charge is 0.494 e. The van der Waals surface area contributed by atoms with E-state index >= 15 is 0 Å². The molecule has 126 valence electrons. The Bertz CT molecular complexity index is 1030. The number of carbonyl (C=O) groups is 1. The zero-order valence-electron chi connectivity index (χ0n) is 12.8. The van der Waals surface area contributed by atoms with Crippen LogP contribution in [-0.4, -0.2) is 31.0 Å². The minimum atomic E-state index is -2.57. The number of carbonyl (C=O) groups excluding carboxylic acids is 1. The van der Waals surface area contributed by atoms with Crippen LogP contribution in [0.5, 0.6) is 5.88 Å². The molecule has 7 nitrogen and oxygen atoms in total. The number of ketones is 1. The van der Waals surface area contributed by atoms with Crippen molar-refractivity contribution in [3.05, 3.63) is 59.7 Å². The van der Waals surface area contributed by atoms with Crippen molar-refractivity contribution in [1.29, 1.82) is 0 Å². The van der Waals surface area contributed by atoms with Crippen LogP contribution >= 0.6 is 8.60 Å². The van der Waals surface area contributed by atoms with Crippen molar-refractivity contribution in [1.82, 2.24) is 4.57 Å². The van der Waals surface area contributed by atoms with E-state index in [2.05, 4.69) is 4.99 Å². The summed E-state index contributed by atoms with van der Waals surface area (Å²) in [5.74, 6) is -0.473. The maximum atomic E-state index is 12.7. The van der Waals surface area contributed by atoms with E-state index in [0.29, 0.717) is 27.7 Å². The van der Waals surface area contributed by atoms with Crippen LogP contribution in [0, 0.1) is 0 Å². The van der Waals surface area contributed by atoms with Gasteiger partial charge in [-0.05, 0) is 18.2 Å². The third kappa shape index (κ3) is 2.54. The standard InChI is InChI=1S/C17H13N2O5P/c20-16-10-5-1-3-7-12(10)18-15(16)14-11-6-2-4-8-13(11)19(17(14)21)9-24-25(22)23/h1-8,21-23H,9H2. The quantitative estimate of drug-likeness (QED) is 0.624. The number of rotatable bonds is 4. The highest BCUT2D eigenvalue weighted by Crippen LogP contribution is 2.38. The van der Waals surface area contributed by atoms with E-state index in [4.69, 9.17) is 14.3 Å². The second-order valence-corrected chi connectivity index (χ2v) is 6.23. The number of fused-ring (bicyclic) bond motifs is 2. The number of nitrogens with zero attached hydrogens (tertiary/aromatic N) is 2. The van der Waals surface area contributed by atoms with Gasteiger partial charge in [0.15, 0.2) is 0 Å². The zero-order chi connectivity index (χ0) is 17.6. The Morgan fingerprint density at radius 3 is 2.56 bits per heavy atom. The van der Waals surface area contributed by atoms with Gasteiger partial charge in [-0.25, -0.2) is 4.99 Å². The molecule has 3 N–H and O–H groups in total. The Labute approximate surface area is 143 Å². The molecule has 0 atom stereocenters. The lowest BCUT2D eigenvalue weighted by molar-refractivity contribution is 0.106. The van der Waals surface area contributed by atoms with Crippen molar-refractivity contribution in [2.24, 2.45) is 4.99 Å². The highest BCUT2D eigenvalue weighted by Gasteiger charge is 2.31. The maximum absolute atomic E-state index is 12.7. The van der Waals surface area contributed by atoms with Gasteiger partial charge in [0.1, 0.15) is 12.4 Å². The molecule has 0 amide bonds. The Kier molecular flexibility index (Phi) is 3.86. The number of hydrogen-bond acceptors (Lipinski definition) is 6. The second-order valence-electron chi connectivity index (χ2n) is 5.46. The molecule has 0 bridgehead atoms. The predicted octanol–water partition coefficient (Wildman–Crippen LogP) is 2.85. The van der Waals surface area contributed by atoms with E-state index in [1.165, 1.54) is 4.57 Å². The third-order valence-corrected chi connectivity index (χ3v) is 4.42. The minimum absolute atomic E-state index is 0.156. The third-order valence-electron chi connectivity index (χ3n) is 4.08. The SMILES string of the molecule is O=C1C(c2c(O)n(COP(O)O)c3ccccc23)=Nc2ccccc21. The van der Waals surface area contributed by atoms with Gasteiger partial charge in [-0.3, -0.25) is 13.9 Å². The highest BCUT2D eigenvalue weighted by molar-refractivity contribution is 7.39. The van der Waals surface area contributed by atoms with Crippen molar-refractivity contribution >= 4 is 36.7 Å². The molecule has 2 heterocycles. The molecule has 4 rings (SSSR count). The van der Waals surface area contributed by atoms with Gasteiger partial charge >= 0.3 is 8.60 Å². The van der Waals surface area contributed by atoms with E-state index in [9.17, 15) is 9.90 Å². The smallest absolute Gasteiger partial charge is 0.328 e. The van der Waals surface area contributed by atoms with Crippen LogP contribution in [0.25, 0.3) is 10.9 Å². The summed E-state index contributed by atoms with van der Waals surface area (Å²) < 4.78 is 6.20. The molecule has 25 heavy (non-hydrogen) atoms. The lowest BCUT2D eigenvalue weighted by Gasteiger charge is -2.08. The van der Waals surface area contributed by atoms with Gasteiger partial charge in [-0.2, -0.15) is 0 Å². The van der Waals surface area contributed by atoms with Crippen molar-refractivity contribution in [3.63, 3.8) is 0 Å². The molecule has 0 fully saturated rings. The Balaban J connectivity index is 1.89. The predicted molar refractivity (Wildman–Crippen MR) is 93.0 cm³/mol. The van der Waals surface area contributed by atoms with Crippen LogP contribution in [0.15, 0.2) is 53.5 Å². The average Bonchev–Trinajstić information content (AvgIpc) is 3.07. The van der Waals surface area contributed by atoms with Crippen molar-refractivity contribution in [3.8, 4) is 5.88 Å². The fraction of sp³-hybridized carbons (Fsp3) is 0.0588. The first-order valence-electron chi connectivity index (χ1n) is 7.41. The first-order valence-corrected chi connectivity index (χ1v) is 8.58. The first kappa shape index (κ1) is 15.9. The minimum Gasteiger partial charge on any atom is -0.494 e. The molecule has 0 aliphatic carbocycles. The van der Waals surface area contributed by atoms with Gasteiger partial charge in [0.25, 0.3) is 0 Å². The monoisotopic (exact) mass is 356 g/mol. The van der Waals surface area contributed by atoms with Crippen LogP contribution in [0.1, 0.15) is 15.9 Å². The molecule has 8 heteroatoms. The number of aromatic hydroxyl groups is 1. The summed E-state index contributed by atoms with van der Waals surface area (Å²) in [6.07, 6.45) is 0. The second kappa shape index (κ2) is 6.06. The van der Waals surface area contributed by atoms with Crippen molar-refractivity contribution in [2.75, 3.05) is 0 Å². The molecule has 0 saturated heterocycles. The van der Waals surface area contributed by atoms with Gasteiger partial charge in [0.2, 0.25) is 11.7 Å². The number of aliphatic imine (C=N–C) groups is 1. The molecule has 1 aliphatic heterocycles. The molecule has 0 radical (unpaired) electrons. The Hall–Kier alpha value is -2.57. The summed E-state index contributed by atoms with van der Waals surface area (Å²) in [5, 5.41) is 11.3. The highest BCUT2D eigenvalue weighted by atomic mass is 31.2. The molecular weight excluding hydrogens is 343 g/mol. The fourth-order valence-electron chi connectivity index (χ4n) is 2.99. The van der Waals surface area contributed by atoms with E-state index < -0.39 is 8.60 Å². The van der Waals surface area contributed by atoms with Gasteiger partial charge in [-0.1, -0.05) is 30.3 Å². The first-order chi connectivity index (χ1) is 12.1.